The molecule has 0 aliphatic rings. The van der Waals surface area contributed by atoms with Gasteiger partial charge in [-0.05, 0) is 6.07 Å². The van der Waals surface area contributed by atoms with E-state index in [1.807, 2.05) is 0 Å². The summed E-state index contributed by atoms with van der Waals surface area (Å²) < 4.78 is 43.6. The maximum atomic E-state index is 12.5. The van der Waals surface area contributed by atoms with Gasteiger partial charge in [0.1, 0.15) is 5.82 Å². The van der Waals surface area contributed by atoms with Gasteiger partial charge in [-0.2, -0.15) is 23.0 Å². The van der Waals surface area contributed by atoms with Gasteiger partial charge in [-0.3, -0.25) is 0 Å². The summed E-state index contributed by atoms with van der Waals surface area (Å²) in [4.78, 5) is 3.68. The van der Waals surface area contributed by atoms with Gasteiger partial charge in [0.2, 0.25) is 0 Å². The third-order valence-electron chi connectivity index (χ3n) is 2.43. The molecule has 0 aromatic carbocycles. The summed E-state index contributed by atoms with van der Waals surface area (Å²) in [6, 6.07) is 2.31. The van der Waals surface area contributed by atoms with Crippen molar-refractivity contribution in [3.63, 3.8) is 0 Å². The first-order valence-electron chi connectivity index (χ1n) is 5.39. The van der Waals surface area contributed by atoms with Gasteiger partial charge < -0.3 is 10.5 Å². The Morgan fingerprint density at radius 3 is 2.65 bits per heavy atom. The Hall–Kier alpha value is -1.80. The standard InChI is InChI=1S/C11H10ClF3N4O/c1-20-5-7-3-9(16)19(18-7)10-8(12)2-6(4-17-10)11(13,14)15/h2-4H,5,16H2,1H3. The molecule has 0 bridgehead atoms. The van der Waals surface area contributed by atoms with Crippen LogP contribution in [0.25, 0.3) is 5.82 Å². The van der Waals surface area contributed by atoms with E-state index in [1.165, 1.54) is 13.2 Å². The normalized spacial score (nSPS) is 11.8. The van der Waals surface area contributed by atoms with Crippen LogP contribution in [0.1, 0.15) is 11.3 Å². The minimum absolute atomic E-state index is 0.0273. The first kappa shape index (κ1) is 14.6. The van der Waals surface area contributed by atoms with Crippen molar-refractivity contribution < 1.29 is 17.9 Å². The third kappa shape index (κ3) is 2.86. The Labute approximate surface area is 117 Å². The number of methoxy groups -OCH3 is 1. The van der Waals surface area contributed by atoms with Crippen molar-refractivity contribution in [2.75, 3.05) is 12.8 Å². The molecule has 5 nitrogen and oxygen atoms in total. The molecule has 0 atom stereocenters. The molecule has 9 heteroatoms. The number of nitrogens with two attached hydrogens (primary N) is 1. The van der Waals surface area contributed by atoms with E-state index in [0.29, 0.717) is 11.9 Å². The monoisotopic (exact) mass is 306 g/mol. The minimum Gasteiger partial charge on any atom is -0.384 e. The molecule has 20 heavy (non-hydrogen) atoms. The lowest BCUT2D eigenvalue weighted by molar-refractivity contribution is -0.137. The number of alkyl halides is 3. The second-order valence-corrected chi connectivity index (χ2v) is 4.34. The Kier molecular flexibility index (Phi) is 3.87. The third-order valence-corrected chi connectivity index (χ3v) is 2.71. The second kappa shape index (κ2) is 5.29. The molecule has 0 aliphatic carbocycles. The largest absolute Gasteiger partial charge is 0.417 e. The van der Waals surface area contributed by atoms with E-state index in [2.05, 4.69) is 10.1 Å². The van der Waals surface area contributed by atoms with Crippen molar-refractivity contribution in [2.24, 2.45) is 0 Å². The fourth-order valence-electron chi connectivity index (χ4n) is 1.58. The van der Waals surface area contributed by atoms with Crippen LogP contribution >= 0.6 is 11.6 Å². The molecule has 2 N–H and O–H groups in total. The van der Waals surface area contributed by atoms with Crippen LogP contribution in [0.2, 0.25) is 5.02 Å². The van der Waals surface area contributed by atoms with E-state index in [-0.39, 0.29) is 23.3 Å². The number of aromatic nitrogens is 3. The Morgan fingerprint density at radius 1 is 1.40 bits per heavy atom. The van der Waals surface area contributed by atoms with Gasteiger partial charge >= 0.3 is 6.18 Å². The molecular weight excluding hydrogens is 297 g/mol. The van der Waals surface area contributed by atoms with Crippen molar-refractivity contribution in [1.82, 2.24) is 14.8 Å². The number of halogens is 4. The first-order valence-corrected chi connectivity index (χ1v) is 5.77. The van der Waals surface area contributed by atoms with Gasteiger partial charge in [0.05, 0.1) is 22.9 Å². The van der Waals surface area contributed by atoms with Crippen LogP contribution in [-0.2, 0) is 17.5 Å². The quantitative estimate of drug-likeness (QED) is 0.947. The molecular formula is C11H10ClF3N4O. The molecule has 0 unspecified atom stereocenters. The molecule has 0 aliphatic heterocycles. The van der Waals surface area contributed by atoms with E-state index >= 15 is 0 Å². The van der Waals surface area contributed by atoms with Gasteiger partial charge in [-0.15, -0.1) is 0 Å². The van der Waals surface area contributed by atoms with Gasteiger partial charge in [0.15, 0.2) is 5.82 Å². The Morgan fingerprint density at radius 2 is 2.10 bits per heavy atom. The Balaban J connectivity index is 2.43. The predicted octanol–water partition coefficient (Wildman–Crippen LogP) is 2.67. The molecule has 2 aromatic rings. The summed E-state index contributed by atoms with van der Waals surface area (Å²) in [5, 5.41) is 3.87. The highest BCUT2D eigenvalue weighted by Crippen LogP contribution is 2.32. The van der Waals surface area contributed by atoms with E-state index in [9.17, 15) is 13.2 Å². The number of hydrogen-bond acceptors (Lipinski definition) is 4. The maximum absolute atomic E-state index is 12.5. The Bertz CT molecular complexity index is 627. The summed E-state index contributed by atoms with van der Waals surface area (Å²) >= 11 is 5.82. The summed E-state index contributed by atoms with van der Waals surface area (Å²) in [5.41, 5.74) is 5.30. The highest BCUT2D eigenvalue weighted by molar-refractivity contribution is 6.32. The topological polar surface area (TPSA) is 66.0 Å². The zero-order valence-electron chi connectivity index (χ0n) is 10.3. The molecule has 2 rings (SSSR count). The molecule has 0 saturated carbocycles. The number of nitrogens with zero attached hydrogens (tertiary/aromatic N) is 3. The van der Waals surface area contributed by atoms with Gasteiger partial charge in [0, 0.05) is 19.4 Å². The van der Waals surface area contributed by atoms with Crippen molar-refractivity contribution in [2.45, 2.75) is 12.8 Å². The minimum atomic E-state index is -4.51. The molecule has 0 spiro atoms. The van der Waals surface area contributed by atoms with Crippen LogP contribution in [0.3, 0.4) is 0 Å². The van der Waals surface area contributed by atoms with Gasteiger partial charge in [0.25, 0.3) is 0 Å². The van der Waals surface area contributed by atoms with E-state index < -0.39 is 11.7 Å². The molecule has 2 heterocycles. The lowest BCUT2D eigenvalue weighted by Crippen LogP contribution is -2.09. The summed E-state index contributed by atoms with van der Waals surface area (Å²) in [6.45, 7) is 0.218. The van der Waals surface area contributed by atoms with Crippen LogP contribution in [0.5, 0.6) is 0 Å². The van der Waals surface area contributed by atoms with E-state index in [1.54, 1.807) is 0 Å². The van der Waals surface area contributed by atoms with Crippen LogP contribution in [0.4, 0.5) is 19.0 Å². The maximum Gasteiger partial charge on any atom is 0.417 e. The SMILES string of the molecule is COCc1cc(N)n(-c2ncc(C(F)(F)F)cc2Cl)n1. The van der Waals surface area contributed by atoms with Crippen LogP contribution in [-0.4, -0.2) is 21.9 Å². The highest BCUT2D eigenvalue weighted by atomic mass is 35.5. The fourth-order valence-corrected chi connectivity index (χ4v) is 1.82. The van der Waals surface area contributed by atoms with Crippen LogP contribution in [0, 0.1) is 0 Å². The first-order chi connectivity index (χ1) is 9.32. The van der Waals surface area contributed by atoms with Crippen molar-refractivity contribution >= 4 is 17.4 Å². The molecule has 0 amide bonds. The van der Waals surface area contributed by atoms with E-state index in [0.717, 1.165) is 10.7 Å². The van der Waals surface area contributed by atoms with Crippen LogP contribution < -0.4 is 5.73 Å². The molecule has 0 radical (unpaired) electrons. The number of nitrogen functional groups attached to an aromatic ring is 1. The number of ether oxygens (including phenoxy) is 1. The summed E-state index contributed by atoms with van der Waals surface area (Å²) in [7, 11) is 1.48. The second-order valence-electron chi connectivity index (χ2n) is 3.93. The van der Waals surface area contributed by atoms with E-state index in [4.69, 9.17) is 22.1 Å². The van der Waals surface area contributed by atoms with Gasteiger partial charge in [-0.25, -0.2) is 4.98 Å². The highest BCUT2D eigenvalue weighted by Gasteiger charge is 2.31. The van der Waals surface area contributed by atoms with Crippen molar-refractivity contribution in [3.05, 3.63) is 34.6 Å². The number of rotatable bonds is 3. The number of hydrogen-bond donors (Lipinski definition) is 1. The van der Waals surface area contributed by atoms with Gasteiger partial charge in [-0.1, -0.05) is 11.6 Å². The van der Waals surface area contributed by atoms with Crippen LogP contribution in [0.15, 0.2) is 18.3 Å². The zero-order chi connectivity index (χ0) is 14.9. The predicted molar refractivity (Wildman–Crippen MR) is 66.5 cm³/mol. The smallest absolute Gasteiger partial charge is 0.384 e. The number of anilines is 1. The summed E-state index contributed by atoms with van der Waals surface area (Å²) in [5.74, 6) is 0.228. The molecule has 0 saturated heterocycles. The van der Waals surface area contributed by atoms with Crippen molar-refractivity contribution in [1.29, 1.82) is 0 Å². The lowest BCUT2D eigenvalue weighted by Gasteiger charge is -2.09. The lowest BCUT2D eigenvalue weighted by atomic mass is 10.3. The average Bonchev–Trinajstić information content (AvgIpc) is 2.69. The fraction of sp³-hybridized carbons (Fsp3) is 0.273. The zero-order valence-corrected chi connectivity index (χ0v) is 11.0. The van der Waals surface area contributed by atoms with Crippen molar-refractivity contribution in [3.8, 4) is 5.82 Å². The molecule has 0 fully saturated rings. The molecule has 108 valence electrons. The number of pyridine rings is 1. The molecule has 2 aromatic heterocycles. The average molecular weight is 307 g/mol. The summed E-state index contributed by atoms with van der Waals surface area (Å²) in [6.07, 6.45) is -3.83.